The first-order chi connectivity index (χ1) is 25.3. The lowest BCUT2D eigenvalue weighted by atomic mass is 9.65. The Morgan fingerprint density at radius 3 is 0.339 bits per heavy atom. The van der Waals surface area contributed by atoms with Gasteiger partial charge in [-0.05, 0) is 124 Å². The van der Waals surface area contributed by atoms with Crippen molar-refractivity contribution in [1.82, 2.24) is 0 Å². The summed E-state index contributed by atoms with van der Waals surface area (Å²) in [6.45, 7) is 17.0. The fraction of sp³-hybridized carbons (Fsp3) is 1.00. The van der Waals surface area contributed by atoms with Crippen LogP contribution in [-0.2, 0) is 0 Å². The minimum absolute atomic E-state index is 0. The highest BCUT2D eigenvalue weighted by molar-refractivity contribution is 4.89. The lowest BCUT2D eigenvalue weighted by molar-refractivity contribution is 0.124. The predicted octanol–water partition coefficient (Wildman–Crippen LogP) is 22.3. The molecule has 8 fully saturated rings. The minimum Gasteiger partial charge on any atom is -0.0776 e. The molecule has 8 saturated carbocycles. The SMILES string of the molecule is C.C.C.C.C1CCC2(C1)CCCC2.C1CCC2(CC1)CCCC2.C1CCC2(CC1)CCCC2.C1CCC2(CC1)CCCCC2.CCC.CCC.CCC.CCC. The molecule has 0 unspecified atom stereocenters. The van der Waals surface area contributed by atoms with Crippen LogP contribution in [-0.4, -0.2) is 0 Å². The highest BCUT2D eigenvalue weighted by Crippen LogP contribution is 2.51. The number of hydrogen-bond acceptors (Lipinski definition) is 0. The molecule has 0 heterocycles. The zero-order valence-electron chi connectivity index (χ0n) is 38.3. The van der Waals surface area contributed by atoms with Gasteiger partial charge >= 0.3 is 0 Å². The van der Waals surface area contributed by atoms with Gasteiger partial charge in [0, 0.05) is 0 Å². The molecular formula is C56H120. The van der Waals surface area contributed by atoms with E-state index in [4.69, 9.17) is 0 Å². The number of hydrogen-bond donors (Lipinski definition) is 0. The fourth-order valence-corrected chi connectivity index (χ4v) is 11.7. The number of rotatable bonds is 0. The van der Waals surface area contributed by atoms with E-state index in [1.54, 1.807) is 103 Å². The van der Waals surface area contributed by atoms with E-state index in [-0.39, 0.29) is 29.7 Å². The third kappa shape index (κ3) is 26.3. The molecule has 0 N–H and O–H groups in total. The maximum absolute atomic E-state index is 2.12. The molecule has 8 aliphatic carbocycles. The molecule has 0 saturated heterocycles. The summed E-state index contributed by atoms with van der Waals surface area (Å²) in [6.07, 6.45) is 60.5. The Kier molecular flexibility index (Phi) is 43.8. The van der Waals surface area contributed by atoms with Crippen molar-refractivity contribution < 1.29 is 0 Å². The Hall–Kier alpha value is 0. The molecule has 0 nitrogen and oxygen atoms in total. The van der Waals surface area contributed by atoms with E-state index in [1.165, 1.54) is 154 Å². The zero-order chi connectivity index (χ0) is 38.3. The van der Waals surface area contributed by atoms with Crippen LogP contribution in [0.25, 0.3) is 0 Å². The molecule has 4 spiro atoms. The maximum atomic E-state index is 2.12. The van der Waals surface area contributed by atoms with E-state index in [2.05, 4.69) is 55.4 Å². The average Bonchev–Trinajstić information content (AvgIpc) is 4.01. The van der Waals surface area contributed by atoms with Gasteiger partial charge in [-0.2, -0.15) is 0 Å². The van der Waals surface area contributed by atoms with E-state index in [0.29, 0.717) is 0 Å². The van der Waals surface area contributed by atoms with Gasteiger partial charge in [0.1, 0.15) is 0 Å². The first kappa shape index (κ1) is 62.6. The largest absolute Gasteiger partial charge is 0.0776 e. The molecule has 0 heteroatoms. The zero-order valence-corrected chi connectivity index (χ0v) is 38.3. The molecule has 0 amide bonds. The summed E-state index contributed by atoms with van der Waals surface area (Å²) in [4.78, 5) is 0. The minimum atomic E-state index is 0. The summed E-state index contributed by atoms with van der Waals surface area (Å²) in [7, 11) is 0. The third-order valence-electron chi connectivity index (χ3n) is 14.3. The van der Waals surface area contributed by atoms with Crippen molar-refractivity contribution in [2.45, 2.75) is 342 Å². The summed E-state index contributed by atoms with van der Waals surface area (Å²) >= 11 is 0. The van der Waals surface area contributed by atoms with Crippen LogP contribution >= 0.6 is 0 Å². The molecule has 344 valence electrons. The average molecular weight is 794 g/mol. The predicted molar refractivity (Wildman–Crippen MR) is 267 cm³/mol. The maximum Gasteiger partial charge on any atom is -0.0297 e. The molecule has 0 aromatic carbocycles. The van der Waals surface area contributed by atoms with Crippen LogP contribution in [0.2, 0.25) is 0 Å². The van der Waals surface area contributed by atoms with Gasteiger partial charge in [-0.25, -0.2) is 0 Å². The van der Waals surface area contributed by atoms with Crippen molar-refractivity contribution in [2.24, 2.45) is 21.7 Å². The summed E-state index contributed by atoms with van der Waals surface area (Å²) in [5.41, 5.74) is 3.49. The van der Waals surface area contributed by atoms with Gasteiger partial charge in [-0.1, -0.05) is 239 Å². The van der Waals surface area contributed by atoms with E-state index in [0.717, 1.165) is 21.7 Å². The second-order valence-electron chi connectivity index (χ2n) is 19.9. The third-order valence-corrected chi connectivity index (χ3v) is 14.3. The summed E-state index contributed by atoms with van der Waals surface area (Å²) in [5, 5.41) is 0. The van der Waals surface area contributed by atoms with Crippen LogP contribution in [0, 0.1) is 21.7 Å². The quantitative estimate of drug-likeness (QED) is 0.229. The molecule has 0 aromatic rings. The summed E-state index contributed by atoms with van der Waals surface area (Å²) < 4.78 is 0. The van der Waals surface area contributed by atoms with Crippen molar-refractivity contribution in [3.05, 3.63) is 0 Å². The van der Waals surface area contributed by atoms with E-state index >= 15 is 0 Å². The van der Waals surface area contributed by atoms with E-state index < -0.39 is 0 Å². The monoisotopic (exact) mass is 793 g/mol. The Morgan fingerprint density at radius 1 is 0.179 bits per heavy atom. The first-order valence-electron chi connectivity index (χ1n) is 25.3. The van der Waals surface area contributed by atoms with Gasteiger partial charge in [-0.15, -0.1) is 0 Å². The van der Waals surface area contributed by atoms with Crippen LogP contribution in [0.1, 0.15) is 342 Å². The Morgan fingerprint density at radius 2 is 0.250 bits per heavy atom. The van der Waals surface area contributed by atoms with Crippen LogP contribution < -0.4 is 0 Å². The lowest BCUT2D eigenvalue weighted by Crippen LogP contribution is -2.26. The van der Waals surface area contributed by atoms with Crippen molar-refractivity contribution in [3.63, 3.8) is 0 Å². The van der Waals surface area contributed by atoms with Crippen molar-refractivity contribution in [1.29, 1.82) is 0 Å². The van der Waals surface area contributed by atoms with Gasteiger partial charge in [0.25, 0.3) is 0 Å². The first-order valence-corrected chi connectivity index (χ1v) is 25.3. The van der Waals surface area contributed by atoms with Crippen LogP contribution in [0.15, 0.2) is 0 Å². The topological polar surface area (TPSA) is 0 Å². The highest BCUT2D eigenvalue weighted by Gasteiger charge is 2.37. The second kappa shape index (κ2) is 39.2. The van der Waals surface area contributed by atoms with Crippen molar-refractivity contribution >= 4 is 0 Å². The smallest absolute Gasteiger partial charge is 0.0297 e. The van der Waals surface area contributed by atoms with Crippen LogP contribution in [0.5, 0.6) is 0 Å². The van der Waals surface area contributed by atoms with Gasteiger partial charge < -0.3 is 0 Å². The second-order valence-corrected chi connectivity index (χ2v) is 19.9. The van der Waals surface area contributed by atoms with Crippen LogP contribution in [0.4, 0.5) is 0 Å². The molecular weight excluding hydrogens is 673 g/mol. The van der Waals surface area contributed by atoms with Gasteiger partial charge in [-0.3, -0.25) is 0 Å². The summed E-state index contributed by atoms with van der Waals surface area (Å²) in [6, 6.07) is 0. The van der Waals surface area contributed by atoms with Crippen LogP contribution in [0.3, 0.4) is 0 Å². The normalized spacial score (nSPS) is 23.6. The molecule has 8 rings (SSSR count). The molecule has 0 aliphatic heterocycles. The molecule has 0 atom stereocenters. The lowest BCUT2D eigenvalue weighted by Gasteiger charge is -2.40. The van der Waals surface area contributed by atoms with Crippen molar-refractivity contribution in [3.8, 4) is 0 Å². The summed E-state index contributed by atoms with van der Waals surface area (Å²) in [5.74, 6) is 0. The van der Waals surface area contributed by atoms with E-state index in [1.807, 2.05) is 0 Å². The molecule has 0 bridgehead atoms. The molecule has 8 aliphatic rings. The molecule has 0 aromatic heterocycles. The van der Waals surface area contributed by atoms with Gasteiger partial charge in [0.15, 0.2) is 0 Å². The Labute approximate surface area is 362 Å². The molecule has 0 radical (unpaired) electrons. The van der Waals surface area contributed by atoms with Gasteiger partial charge in [0.05, 0.1) is 0 Å². The van der Waals surface area contributed by atoms with Gasteiger partial charge in [0.2, 0.25) is 0 Å². The molecule has 56 heavy (non-hydrogen) atoms. The van der Waals surface area contributed by atoms with E-state index in [9.17, 15) is 0 Å². The fourth-order valence-electron chi connectivity index (χ4n) is 11.7. The Balaban J connectivity index is -0.000000288. The standard InChI is InChI=1S/C11H20.2C10H18.C9H16.4C3H8.4CH4/c1-3-7-11(8-4-1)9-5-2-6-10-11;2*1-2-6-10(7-3-1)8-4-5-9-10;1-2-6-9(5-1)7-3-4-8-9;4*1-3-2;;;;/h1-10H2;2*1-9H2;1-8H2;4*3H2,1-2H3;4*1H4. The van der Waals surface area contributed by atoms with Crippen molar-refractivity contribution in [2.75, 3.05) is 0 Å². The highest BCUT2D eigenvalue weighted by atomic mass is 14.4. The Bertz CT molecular complexity index is 633.